The van der Waals surface area contributed by atoms with Gasteiger partial charge in [0, 0.05) is 11.5 Å². The molecule has 0 heterocycles. The monoisotopic (exact) mass is 407 g/mol. The molecule has 0 aromatic rings. The van der Waals surface area contributed by atoms with E-state index in [1.807, 2.05) is 0 Å². The molecule has 0 radical (unpaired) electrons. The van der Waals surface area contributed by atoms with E-state index in [9.17, 15) is 4.79 Å². The molecule has 1 atom stereocenters. The van der Waals surface area contributed by atoms with Gasteiger partial charge in [0.2, 0.25) is 0 Å². The number of allylic oxidation sites excluding steroid dienone is 7. The van der Waals surface area contributed by atoms with Crippen LogP contribution in [0, 0.1) is 0 Å². The first-order valence-electron chi connectivity index (χ1n) is 10.3. The lowest BCUT2D eigenvalue weighted by atomic mass is 10.0. The first-order chi connectivity index (χ1) is 13.3. The summed E-state index contributed by atoms with van der Waals surface area (Å²) in [6.45, 7) is 11.0. The number of esters is 1. The number of thioether (sulfide) groups is 1. The highest BCUT2D eigenvalue weighted by molar-refractivity contribution is 7.99. The first-order valence-corrected chi connectivity index (χ1v) is 11.4. The predicted octanol–water partition coefficient (Wildman–Crippen LogP) is 6.37. The van der Waals surface area contributed by atoms with Crippen molar-refractivity contribution in [2.75, 3.05) is 18.6 Å². The highest BCUT2D eigenvalue weighted by Gasteiger charge is 2.12. The van der Waals surface area contributed by atoms with E-state index in [0.717, 1.165) is 37.9 Å². The molecule has 0 saturated heterocycles. The number of rotatable bonds is 14. The summed E-state index contributed by atoms with van der Waals surface area (Å²) in [4.78, 5) is 11.2. The number of ether oxygens (including phenoxy) is 1. The van der Waals surface area contributed by atoms with Gasteiger partial charge in [-0.1, -0.05) is 46.6 Å². The predicted molar refractivity (Wildman–Crippen MR) is 126 cm³/mol. The van der Waals surface area contributed by atoms with Crippen LogP contribution in [0.1, 0.15) is 73.1 Å². The summed E-state index contributed by atoms with van der Waals surface area (Å²) in [5.41, 5.74) is 11.5. The maximum Gasteiger partial charge on any atom is 0.323 e. The molecule has 2 N–H and O–H groups in total. The van der Waals surface area contributed by atoms with Crippen LogP contribution in [0.5, 0.6) is 0 Å². The van der Waals surface area contributed by atoms with Gasteiger partial charge >= 0.3 is 5.97 Å². The second kappa shape index (κ2) is 16.7. The summed E-state index contributed by atoms with van der Waals surface area (Å²) in [6.07, 6.45) is 16.1. The molecule has 0 spiro atoms. The minimum atomic E-state index is -0.529. The Bertz CT molecular complexity index is 569. The maximum atomic E-state index is 11.2. The number of hydrogen-bond donors (Lipinski definition) is 1. The minimum absolute atomic E-state index is 0.341. The Labute approximate surface area is 177 Å². The van der Waals surface area contributed by atoms with Crippen molar-refractivity contribution < 1.29 is 9.53 Å². The number of hydrogen-bond acceptors (Lipinski definition) is 4. The molecule has 160 valence electrons. The van der Waals surface area contributed by atoms with Crippen LogP contribution in [0.15, 0.2) is 46.6 Å². The number of carbonyl (C=O) groups excluding carboxylic acids is 1. The largest absolute Gasteiger partial charge is 0.468 e. The molecule has 0 saturated carbocycles. The van der Waals surface area contributed by atoms with Crippen molar-refractivity contribution in [3.05, 3.63) is 46.6 Å². The van der Waals surface area contributed by atoms with Gasteiger partial charge < -0.3 is 10.5 Å². The molecule has 0 aliphatic rings. The van der Waals surface area contributed by atoms with E-state index in [4.69, 9.17) is 5.73 Å². The SMILES string of the molecule is COC(=O)[C@@H](N)CSC/C=C(\C)CCC=C(C)CC/C=C(\C)CCC=C(C)C. The third kappa shape index (κ3) is 15.8. The van der Waals surface area contributed by atoms with E-state index in [0.29, 0.717) is 5.75 Å². The Morgan fingerprint density at radius 3 is 1.79 bits per heavy atom. The van der Waals surface area contributed by atoms with E-state index >= 15 is 0 Å². The molecule has 0 aromatic heterocycles. The molecule has 28 heavy (non-hydrogen) atoms. The van der Waals surface area contributed by atoms with Crippen LogP contribution in [0.25, 0.3) is 0 Å². The Kier molecular flexibility index (Phi) is 15.9. The molecular formula is C24H41NO2S. The van der Waals surface area contributed by atoms with Gasteiger partial charge in [-0.05, 0) is 73.1 Å². The van der Waals surface area contributed by atoms with E-state index in [1.54, 1.807) is 11.8 Å². The average Bonchev–Trinajstić information content (AvgIpc) is 2.64. The van der Waals surface area contributed by atoms with E-state index < -0.39 is 6.04 Å². The molecule has 0 rings (SSSR count). The van der Waals surface area contributed by atoms with Crippen LogP contribution in [-0.2, 0) is 9.53 Å². The van der Waals surface area contributed by atoms with Crippen LogP contribution in [0.2, 0.25) is 0 Å². The smallest absolute Gasteiger partial charge is 0.323 e. The molecule has 0 fully saturated rings. The molecule has 3 nitrogen and oxygen atoms in total. The zero-order valence-electron chi connectivity index (χ0n) is 18.8. The summed E-state index contributed by atoms with van der Waals surface area (Å²) in [5, 5.41) is 0. The molecule has 0 unspecified atom stereocenters. The van der Waals surface area contributed by atoms with Crippen LogP contribution in [0.3, 0.4) is 0 Å². The first kappa shape index (κ1) is 26.7. The summed E-state index contributed by atoms with van der Waals surface area (Å²) in [7, 11) is 1.37. The van der Waals surface area contributed by atoms with Crippen molar-refractivity contribution >= 4 is 17.7 Å². The Morgan fingerprint density at radius 2 is 1.32 bits per heavy atom. The summed E-state index contributed by atoms with van der Waals surface area (Å²) >= 11 is 1.67. The normalized spacial score (nSPS) is 14.0. The number of carbonyl (C=O) groups is 1. The molecule has 0 bridgehead atoms. The fourth-order valence-electron chi connectivity index (χ4n) is 2.60. The highest BCUT2D eigenvalue weighted by Crippen LogP contribution is 2.14. The maximum absolute atomic E-state index is 11.2. The lowest BCUT2D eigenvalue weighted by Crippen LogP contribution is -2.33. The van der Waals surface area contributed by atoms with Gasteiger partial charge in [0.1, 0.15) is 6.04 Å². The number of nitrogens with two attached hydrogens (primary N) is 1. The molecule has 4 heteroatoms. The van der Waals surface area contributed by atoms with Gasteiger partial charge in [0.25, 0.3) is 0 Å². The zero-order valence-corrected chi connectivity index (χ0v) is 19.7. The minimum Gasteiger partial charge on any atom is -0.468 e. The second-order valence-corrected chi connectivity index (χ2v) is 8.79. The fraction of sp³-hybridized carbons (Fsp3) is 0.625. The molecule has 0 aliphatic carbocycles. The van der Waals surface area contributed by atoms with Gasteiger partial charge in [0.05, 0.1) is 7.11 Å². The van der Waals surface area contributed by atoms with Crippen molar-refractivity contribution in [2.45, 2.75) is 79.2 Å². The Balaban J connectivity index is 4.00. The lowest BCUT2D eigenvalue weighted by Gasteiger charge is -2.07. The van der Waals surface area contributed by atoms with Crippen LogP contribution in [-0.4, -0.2) is 30.6 Å². The third-order valence-corrected chi connectivity index (χ3v) is 5.50. The third-order valence-electron chi connectivity index (χ3n) is 4.51. The van der Waals surface area contributed by atoms with Gasteiger partial charge in [-0.15, -0.1) is 0 Å². The molecule has 0 aliphatic heterocycles. The van der Waals surface area contributed by atoms with Crippen molar-refractivity contribution in [3.8, 4) is 0 Å². The standard InChI is InChI=1S/C24H41NO2S/c1-19(2)10-7-11-20(3)12-8-13-21(4)14-9-15-22(5)16-17-28-18-23(25)24(26)27-6/h10,12,14,16,23H,7-9,11,13,15,17-18,25H2,1-6H3/b20-12+,21-14?,22-16+/t23-/m0/s1. The van der Waals surface area contributed by atoms with Crippen LogP contribution >= 0.6 is 11.8 Å². The van der Waals surface area contributed by atoms with Crippen LogP contribution < -0.4 is 5.73 Å². The van der Waals surface area contributed by atoms with Crippen LogP contribution in [0.4, 0.5) is 0 Å². The summed E-state index contributed by atoms with van der Waals surface area (Å²) in [6, 6.07) is -0.529. The average molecular weight is 408 g/mol. The Hall–Kier alpha value is -1.26. The van der Waals surface area contributed by atoms with E-state index in [-0.39, 0.29) is 5.97 Å². The molecule has 0 amide bonds. The zero-order chi connectivity index (χ0) is 21.4. The van der Waals surface area contributed by atoms with Gasteiger partial charge in [0.15, 0.2) is 0 Å². The van der Waals surface area contributed by atoms with E-state index in [2.05, 4.69) is 63.7 Å². The topological polar surface area (TPSA) is 52.3 Å². The van der Waals surface area contributed by atoms with Gasteiger partial charge in [-0.3, -0.25) is 4.79 Å². The van der Waals surface area contributed by atoms with Crippen molar-refractivity contribution in [1.29, 1.82) is 0 Å². The van der Waals surface area contributed by atoms with Crippen molar-refractivity contribution in [1.82, 2.24) is 0 Å². The number of methoxy groups -OCH3 is 1. The lowest BCUT2D eigenvalue weighted by molar-refractivity contribution is -0.141. The highest BCUT2D eigenvalue weighted by atomic mass is 32.2. The van der Waals surface area contributed by atoms with Crippen molar-refractivity contribution in [3.63, 3.8) is 0 Å². The summed E-state index contributed by atoms with van der Waals surface area (Å²) in [5.74, 6) is 1.14. The van der Waals surface area contributed by atoms with Gasteiger partial charge in [-0.25, -0.2) is 0 Å². The fourth-order valence-corrected chi connectivity index (χ4v) is 3.53. The molecule has 0 aromatic carbocycles. The van der Waals surface area contributed by atoms with E-state index in [1.165, 1.54) is 35.8 Å². The Morgan fingerprint density at radius 1 is 0.857 bits per heavy atom. The van der Waals surface area contributed by atoms with Crippen molar-refractivity contribution in [2.24, 2.45) is 5.73 Å². The van der Waals surface area contributed by atoms with Gasteiger partial charge in [-0.2, -0.15) is 11.8 Å². The molecular weight excluding hydrogens is 366 g/mol. The second-order valence-electron chi connectivity index (χ2n) is 7.72. The quantitative estimate of drug-likeness (QED) is 0.207. The summed E-state index contributed by atoms with van der Waals surface area (Å²) < 4.78 is 4.63.